The van der Waals surface area contributed by atoms with Crippen molar-refractivity contribution in [3.63, 3.8) is 0 Å². The third-order valence-electron chi connectivity index (χ3n) is 7.54. The van der Waals surface area contributed by atoms with E-state index in [4.69, 9.17) is 5.11 Å². The van der Waals surface area contributed by atoms with E-state index in [0.717, 1.165) is 35.7 Å². The summed E-state index contributed by atoms with van der Waals surface area (Å²) in [6, 6.07) is 10.9. The van der Waals surface area contributed by atoms with Gasteiger partial charge in [0.05, 0.1) is 16.6 Å². The zero-order valence-corrected chi connectivity index (χ0v) is 24.1. The largest absolute Gasteiger partial charge is 0.481 e. The highest BCUT2D eigenvalue weighted by Crippen LogP contribution is 2.35. The average molecular weight is 585 g/mol. The normalized spacial score (nSPS) is 16.2. The lowest BCUT2D eigenvalue weighted by molar-refractivity contribution is -0.138. The van der Waals surface area contributed by atoms with Crippen LogP contribution in [0.2, 0.25) is 0 Å². The fourth-order valence-corrected chi connectivity index (χ4v) is 6.64. The summed E-state index contributed by atoms with van der Waals surface area (Å²) in [6.07, 6.45) is -3.27. The Morgan fingerprint density at radius 3 is 2.27 bits per heavy atom. The third-order valence-corrected chi connectivity index (χ3v) is 9.34. The number of hydrogen-bond donors (Lipinski definition) is 3. The Morgan fingerprint density at radius 2 is 1.73 bits per heavy atom. The van der Waals surface area contributed by atoms with Crippen molar-refractivity contribution in [1.82, 2.24) is 9.62 Å². The third kappa shape index (κ3) is 8.52. The molecule has 0 aliphatic heterocycles. The molecule has 3 N–H and O–H groups in total. The lowest BCUT2D eigenvalue weighted by Crippen LogP contribution is -2.47. The van der Waals surface area contributed by atoms with Crippen LogP contribution in [0.1, 0.15) is 68.2 Å². The number of halogens is 3. The Labute approximate surface area is 234 Å². The Bertz CT molecular complexity index is 1270. The molecule has 0 saturated heterocycles. The van der Waals surface area contributed by atoms with Crippen LogP contribution in [0.4, 0.5) is 13.2 Å². The van der Waals surface area contributed by atoms with Crippen molar-refractivity contribution in [3.8, 4) is 0 Å². The number of carboxylic acid groups (broad SMARTS) is 1. The molecule has 0 radical (unpaired) electrons. The van der Waals surface area contributed by atoms with Crippen molar-refractivity contribution in [3.05, 3.63) is 64.7 Å². The standard InChI is InChI=1S/C29H39F3N2O5S/c1-19(9-10-27(36)37)23-13-24(29(30,31)32)15-26(14-23)40(38,39)34(4)18-25(35)17-33-28(2,3)16-20-11-21-7-5-6-8-22(21)12-20/h5-8,13-15,19-20,25,33,35H,9-12,16-18H2,1-4H3,(H,36,37)/t19?,25-/m1/s1. The van der Waals surface area contributed by atoms with E-state index in [2.05, 4.69) is 17.4 Å². The molecule has 40 heavy (non-hydrogen) atoms. The van der Waals surface area contributed by atoms with Gasteiger partial charge in [-0.2, -0.15) is 17.5 Å². The summed E-state index contributed by atoms with van der Waals surface area (Å²) in [5.74, 6) is -1.25. The lowest BCUT2D eigenvalue weighted by atomic mass is 9.88. The minimum absolute atomic E-state index is 0.0546. The number of alkyl halides is 3. The highest BCUT2D eigenvalue weighted by molar-refractivity contribution is 7.89. The van der Waals surface area contributed by atoms with Crippen LogP contribution < -0.4 is 5.32 Å². The molecule has 1 unspecified atom stereocenters. The van der Waals surface area contributed by atoms with Crippen LogP contribution in [0.15, 0.2) is 47.4 Å². The molecule has 0 amide bonds. The zero-order chi connectivity index (χ0) is 29.9. The van der Waals surface area contributed by atoms with Gasteiger partial charge in [0.1, 0.15) is 0 Å². The molecule has 1 aliphatic rings. The summed E-state index contributed by atoms with van der Waals surface area (Å²) in [4.78, 5) is 10.4. The van der Waals surface area contributed by atoms with Crippen LogP contribution in [0.25, 0.3) is 0 Å². The second-order valence-electron chi connectivity index (χ2n) is 11.6. The van der Waals surface area contributed by atoms with E-state index in [1.807, 2.05) is 26.0 Å². The number of β-amino-alcohol motifs (C(OH)–C–C–N with tert-alkyl or cyclic N) is 1. The number of nitrogens with one attached hydrogen (secondary N) is 1. The van der Waals surface area contributed by atoms with Gasteiger partial charge in [0.25, 0.3) is 0 Å². The van der Waals surface area contributed by atoms with Gasteiger partial charge in [0, 0.05) is 32.1 Å². The van der Waals surface area contributed by atoms with Gasteiger partial charge in [-0.3, -0.25) is 4.79 Å². The minimum Gasteiger partial charge on any atom is -0.481 e. The zero-order valence-electron chi connectivity index (χ0n) is 23.3. The van der Waals surface area contributed by atoms with Gasteiger partial charge in [0.15, 0.2) is 0 Å². The summed E-state index contributed by atoms with van der Waals surface area (Å²) < 4.78 is 68.2. The molecule has 0 bridgehead atoms. The van der Waals surface area contributed by atoms with Crippen molar-refractivity contribution < 1.29 is 36.6 Å². The maximum absolute atomic E-state index is 13.6. The first-order valence-corrected chi connectivity index (χ1v) is 14.8. The number of fused-ring (bicyclic) bond motifs is 1. The molecule has 11 heteroatoms. The fraction of sp³-hybridized carbons (Fsp3) is 0.552. The second-order valence-corrected chi connectivity index (χ2v) is 13.6. The monoisotopic (exact) mass is 584 g/mol. The molecule has 2 atom stereocenters. The molecule has 222 valence electrons. The number of carbonyl (C=O) groups is 1. The Morgan fingerprint density at radius 1 is 1.12 bits per heavy atom. The molecule has 0 spiro atoms. The number of hydrogen-bond acceptors (Lipinski definition) is 5. The second kappa shape index (κ2) is 12.6. The van der Waals surface area contributed by atoms with Crippen LogP contribution >= 0.6 is 0 Å². The predicted molar refractivity (Wildman–Crippen MR) is 147 cm³/mol. The van der Waals surface area contributed by atoms with Crippen LogP contribution in [0.5, 0.6) is 0 Å². The smallest absolute Gasteiger partial charge is 0.416 e. The summed E-state index contributed by atoms with van der Waals surface area (Å²) in [6.45, 7) is 5.39. The van der Waals surface area contributed by atoms with Crippen LogP contribution in [-0.2, 0) is 33.8 Å². The summed E-state index contributed by atoms with van der Waals surface area (Å²) in [5, 5.41) is 22.9. The SMILES string of the molecule is CC(CCC(=O)O)c1cc(C(F)(F)F)cc(S(=O)(=O)N(C)C[C@H](O)CNC(C)(C)CC2Cc3ccccc3C2)c1. The molecule has 0 fully saturated rings. The number of nitrogens with zero attached hydrogens (tertiary/aromatic N) is 1. The number of likely N-dealkylation sites (N-methyl/N-ethyl adjacent to an activating group) is 1. The van der Waals surface area contributed by atoms with Gasteiger partial charge < -0.3 is 15.5 Å². The van der Waals surface area contributed by atoms with Gasteiger partial charge >= 0.3 is 12.1 Å². The van der Waals surface area contributed by atoms with Crippen LogP contribution in [0, 0.1) is 5.92 Å². The molecule has 7 nitrogen and oxygen atoms in total. The van der Waals surface area contributed by atoms with Crippen molar-refractivity contribution in [2.75, 3.05) is 20.1 Å². The van der Waals surface area contributed by atoms with E-state index in [0.29, 0.717) is 12.0 Å². The van der Waals surface area contributed by atoms with E-state index in [1.54, 1.807) is 6.92 Å². The first kappa shape index (κ1) is 32.0. The van der Waals surface area contributed by atoms with E-state index in [9.17, 15) is 31.5 Å². The lowest BCUT2D eigenvalue weighted by Gasteiger charge is -2.31. The number of carboxylic acids is 1. The Kier molecular flexibility index (Phi) is 10.1. The van der Waals surface area contributed by atoms with Crippen LogP contribution in [-0.4, -0.2) is 60.7 Å². The Hall–Kier alpha value is -2.47. The number of sulfonamides is 1. The quantitative estimate of drug-likeness (QED) is 0.312. The highest BCUT2D eigenvalue weighted by atomic mass is 32.2. The van der Waals surface area contributed by atoms with Gasteiger partial charge in [-0.25, -0.2) is 8.42 Å². The molecule has 0 saturated carbocycles. The summed E-state index contributed by atoms with van der Waals surface area (Å²) in [5.41, 5.74) is 1.33. The maximum atomic E-state index is 13.6. The van der Waals surface area contributed by atoms with Gasteiger partial charge in [0.2, 0.25) is 10.0 Å². The number of aliphatic carboxylic acids is 1. The predicted octanol–water partition coefficient (Wildman–Crippen LogP) is 4.83. The topological polar surface area (TPSA) is 107 Å². The molecule has 0 heterocycles. The number of benzene rings is 2. The molecular formula is C29H39F3N2O5S. The van der Waals surface area contributed by atoms with Crippen molar-refractivity contribution in [2.24, 2.45) is 5.92 Å². The van der Waals surface area contributed by atoms with E-state index >= 15 is 0 Å². The first-order chi connectivity index (χ1) is 18.5. The van der Waals surface area contributed by atoms with E-state index in [-0.39, 0.29) is 37.0 Å². The van der Waals surface area contributed by atoms with Crippen LogP contribution in [0.3, 0.4) is 0 Å². The molecule has 3 rings (SSSR count). The summed E-state index contributed by atoms with van der Waals surface area (Å²) >= 11 is 0. The highest BCUT2D eigenvalue weighted by Gasteiger charge is 2.34. The average Bonchev–Trinajstić information content (AvgIpc) is 3.26. The molecule has 2 aromatic carbocycles. The minimum atomic E-state index is -4.79. The maximum Gasteiger partial charge on any atom is 0.416 e. The van der Waals surface area contributed by atoms with Crippen molar-refractivity contribution >= 4 is 16.0 Å². The number of rotatable bonds is 13. The fourth-order valence-electron chi connectivity index (χ4n) is 5.35. The van der Waals surface area contributed by atoms with Gasteiger partial charge in [-0.05, 0) is 86.3 Å². The van der Waals surface area contributed by atoms with Gasteiger partial charge in [-0.15, -0.1) is 0 Å². The number of aliphatic hydroxyl groups excluding tert-OH is 1. The number of aliphatic hydroxyl groups is 1. The first-order valence-electron chi connectivity index (χ1n) is 13.4. The molecule has 1 aliphatic carbocycles. The van der Waals surface area contributed by atoms with Crippen molar-refractivity contribution in [1.29, 1.82) is 0 Å². The molecular weight excluding hydrogens is 545 g/mol. The van der Waals surface area contributed by atoms with Gasteiger partial charge in [-0.1, -0.05) is 31.2 Å². The Balaban J connectivity index is 1.65. The molecule has 0 aromatic heterocycles. The summed E-state index contributed by atoms with van der Waals surface area (Å²) in [7, 11) is -3.16. The van der Waals surface area contributed by atoms with E-state index in [1.165, 1.54) is 18.2 Å². The van der Waals surface area contributed by atoms with E-state index < -0.39 is 44.6 Å². The molecule has 2 aromatic rings. The van der Waals surface area contributed by atoms with Crippen molar-refractivity contribution in [2.45, 2.75) is 81.5 Å².